The monoisotopic (exact) mass is 510 g/mol. The van der Waals surface area contributed by atoms with Gasteiger partial charge in [-0.25, -0.2) is 9.18 Å². The average molecular weight is 511 g/mol. The molecule has 1 aromatic heterocycles. The Morgan fingerprint density at radius 1 is 1.19 bits per heavy atom. The van der Waals surface area contributed by atoms with E-state index in [2.05, 4.69) is 0 Å². The number of nitrogens with zero attached hydrogens (tertiary/aromatic N) is 4. The number of fused-ring (bicyclic) bond motifs is 1. The van der Waals surface area contributed by atoms with E-state index in [9.17, 15) is 34.0 Å². The van der Waals surface area contributed by atoms with Crippen molar-refractivity contribution in [1.29, 1.82) is 0 Å². The van der Waals surface area contributed by atoms with Crippen LogP contribution in [-0.2, 0) is 4.79 Å². The quantitative estimate of drug-likeness (QED) is 0.378. The minimum Gasteiger partial charge on any atom is -0.477 e. The zero-order valence-electron chi connectivity index (χ0n) is 20.5. The number of pyridine rings is 1. The molecule has 0 radical (unpaired) electrons. The van der Waals surface area contributed by atoms with E-state index in [1.165, 1.54) is 34.9 Å². The van der Waals surface area contributed by atoms with Crippen LogP contribution >= 0.6 is 0 Å². The van der Waals surface area contributed by atoms with Crippen LogP contribution in [0, 0.1) is 21.8 Å². The summed E-state index contributed by atoms with van der Waals surface area (Å²) in [6, 6.07) is 7.81. The summed E-state index contributed by atoms with van der Waals surface area (Å²) in [5, 5.41) is 21.5. The van der Waals surface area contributed by atoms with Crippen LogP contribution in [0.4, 0.5) is 15.8 Å². The maximum atomic E-state index is 13.6. The van der Waals surface area contributed by atoms with E-state index in [0.29, 0.717) is 38.2 Å². The van der Waals surface area contributed by atoms with Gasteiger partial charge in [-0.15, -0.1) is 0 Å². The molecule has 1 aliphatic rings. The number of aromatic nitrogens is 1. The normalized spacial score (nSPS) is 15.5. The first-order valence-electron chi connectivity index (χ1n) is 12.1. The first kappa shape index (κ1) is 25.8. The molecule has 0 aliphatic carbocycles. The number of carboxylic acid groups (broad SMARTS) is 1. The Kier molecular flexibility index (Phi) is 7.23. The van der Waals surface area contributed by atoms with E-state index in [0.717, 1.165) is 12.3 Å². The molecule has 1 saturated heterocycles. The third kappa shape index (κ3) is 4.89. The van der Waals surface area contributed by atoms with Gasteiger partial charge in [0, 0.05) is 44.1 Å². The molecule has 0 saturated carbocycles. The molecule has 2 aromatic carbocycles. The second-order valence-electron chi connectivity index (χ2n) is 8.93. The molecule has 2 heterocycles. The van der Waals surface area contributed by atoms with Crippen LogP contribution in [0.2, 0.25) is 0 Å². The van der Waals surface area contributed by atoms with Crippen LogP contribution in [-0.4, -0.2) is 57.6 Å². The molecule has 4 rings (SSSR count). The van der Waals surface area contributed by atoms with Gasteiger partial charge in [-0.05, 0) is 57.0 Å². The van der Waals surface area contributed by atoms with Crippen LogP contribution in [0.3, 0.4) is 0 Å². The Labute approximate surface area is 211 Å². The standard InChI is InChI=1S/C26H27FN4O6/c1-3-28(4-2)25(33)16-6-5-11-29(14-16)22-13-21-19(12-23(22)31(36)37)24(32)20(26(34)35)15-30(21)18-9-7-17(27)8-10-18/h7-10,12-13,15-16H,3-6,11,14H2,1-2H3,(H,34,35). The van der Waals surface area contributed by atoms with Gasteiger partial charge in [-0.3, -0.25) is 19.7 Å². The molecular formula is C26H27FN4O6. The summed E-state index contributed by atoms with van der Waals surface area (Å²) in [7, 11) is 0. The zero-order valence-corrected chi connectivity index (χ0v) is 20.5. The molecule has 3 aromatic rings. The van der Waals surface area contributed by atoms with Crippen molar-refractivity contribution in [3.63, 3.8) is 0 Å². The van der Waals surface area contributed by atoms with Gasteiger partial charge < -0.3 is 19.5 Å². The summed E-state index contributed by atoms with van der Waals surface area (Å²) >= 11 is 0. The summed E-state index contributed by atoms with van der Waals surface area (Å²) in [5.74, 6) is -2.32. The van der Waals surface area contributed by atoms with Crippen molar-refractivity contribution in [2.24, 2.45) is 5.92 Å². The number of carbonyl (C=O) groups excluding carboxylic acids is 1. The number of benzene rings is 2. The summed E-state index contributed by atoms with van der Waals surface area (Å²) in [5.41, 5.74) is -0.937. The molecule has 1 N–H and O–H groups in total. The van der Waals surface area contributed by atoms with Gasteiger partial charge in [0.05, 0.1) is 21.7 Å². The maximum absolute atomic E-state index is 13.6. The van der Waals surface area contributed by atoms with Crippen molar-refractivity contribution in [3.8, 4) is 5.69 Å². The number of nitro benzene ring substituents is 1. The number of rotatable bonds is 7. The largest absolute Gasteiger partial charge is 0.477 e. The number of nitro groups is 1. The summed E-state index contributed by atoms with van der Waals surface area (Å²) < 4.78 is 15.0. The molecule has 194 valence electrons. The SMILES string of the molecule is CCN(CC)C(=O)C1CCCN(c2cc3c(cc2[N+](=O)[O-])c(=O)c(C(=O)O)cn3-c2ccc(F)cc2)C1. The van der Waals surface area contributed by atoms with Crippen molar-refractivity contribution < 1.29 is 24.0 Å². The first-order valence-corrected chi connectivity index (χ1v) is 12.1. The van der Waals surface area contributed by atoms with E-state index in [1.54, 1.807) is 9.80 Å². The van der Waals surface area contributed by atoms with Crippen LogP contribution < -0.4 is 10.3 Å². The van der Waals surface area contributed by atoms with Crippen LogP contribution in [0.15, 0.2) is 47.4 Å². The highest BCUT2D eigenvalue weighted by molar-refractivity contribution is 5.96. The second kappa shape index (κ2) is 10.4. The van der Waals surface area contributed by atoms with Crippen LogP contribution in [0.1, 0.15) is 37.0 Å². The van der Waals surface area contributed by atoms with E-state index < -0.39 is 27.7 Å². The third-order valence-electron chi connectivity index (χ3n) is 6.82. The Morgan fingerprint density at radius 2 is 1.86 bits per heavy atom. The van der Waals surface area contributed by atoms with Crippen molar-refractivity contribution in [2.75, 3.05) is 31.1 Å². The highest BCUT2D eigenvalue weighted by Crippen LogP contribution is 2.36. The fraction of sp³-hybridized carbons (Fsp3) is 0.346. The lowest BCUT2D eigenvalue weighted by Crippen LogP contribution is -2.45. The van der Waals surface area contributed by atoms with E-state index in [1.807, 2.05) is 13.8 Å². The van der Waals surface area contributed by atoms with E-state index >= 15 is 0 Å². The number of piperidine rings is 1. The average Bonchev–Trinajstić information content (AvgIpc) is 2.89. The second-order valence-corrected chi connectivity index (χ2v) is 8.93. The fourth-order valence-corrected chi connectivity index (χ4v) is 4.91. The van der Waals surface area contributed by atoms with Crippen molar-refractivity contribution >= 4 is 34.2 Å². The van der Waals surface area contributed by atoms with Crippen molar-refractivity contribution in [1.82, 2.24) is 9.47 Å². The highest BCUT2D eigenvalue weighted by atomic mass is 19.1. The van der Waals surface area contributed by atoms with Crippen molar-refractivity contribution in [3.05, 3.63) is 74.3 Å². The molecular weight excluding hydrogens is 483 g/mol. The van der Waals surface area contributed by atoms with Gasteiger partial charge in [0.2, 0.25) is 11.3 Å². The first-order chi connectivity index (χ1) is 17.7. The lowest BCUT2D eigenvalue weighted by molar-refractivity contribution is -0.384. The van der Waals surface area contributed by atoms with Gasteiger partial charge >= 0.3 is 5.97 Å². The van der Waals surface area contributed by atoms with E-state index in [4.69, 9.17) is 0 Å². The molecule has 10 nitrogen and oxygen atoms in total. The Hall–Kier alpha value is -4.28. The number of anilines is 1. The minimum absolute atomic E-state index is 0.00698. The smallest absolute Gasteiger partial charge is 0.341 e. The minimum atomic E-state index is -1.48. The van der Waals surface area contributed by atoms with Gasteiger partial charge in [0.25, 0.3) is 5.69 Å². The molecule has 11 heteroatoms. The Balaban J connectivity index is 1.92. The number of halogens is 1. The lowest BCUT2D eigenvalue weighted by atomic mass is 9.95. The van der Waals surface area contributed by atoms with E-state index in [-0.39, 0.29) is 40.6 Å². The molecule has 0 bridgehead atoms. The van der Waals surface area contributed by atoms with Gasteiger partial charge in [-0.1, -0.05) is 0 Å². The third-order valence-corrected chi connectivity index (χ3v) is 6.82. The Bertz CT molecular complexity index is 1430. The zero-order chi connectivity index (χ0) is 26.9. The number of amides is 1. The fourth-order valence-electron chi connectivity index (χ4n) is 4.91. The predicted molar refractivity (Wildman–Crippen MR) is 136 cm³/mol. The molecule has 37 heavy (non-hydrogen) atoms. The number of carbonyl (C=O) groups is 2. The molecule has 1 fully saturated rings. The number of hydrogen-bond donors (Lipinski definition) is 1. The van der Waals surface area contributed by atoms with Crippen molar-refractivity contribution in [2.45, 2.75) is 26.7 Å². The highest BCUT2D eigenvalue weighted by Gasteiger charge is 2.32. The number of carboxylic acids is 1. The molecule has 1 amide bonds. The van der Waals surface area contributed by atoms with Crippen LogP contribution in [0.25, 0.3) is 16.6 Å². The van der Waals surface area contributed by atoms with Gasteiger partial charge in [0.1, 0.15) is 17.1 Å². The van der Waals surface area contributed by atoms with Gasteiger partial charge in [0.15, 0.2) is 0 Å². The summed E-state index contributed by atoms with van der Waals surface area (Å²) in [6.07, 6.45) is 2.45. The molecule has 0 spiro atoms. The van der Waals surface area contributed by atoms with Crippen LogP contribution in [0.5, 0.6) is 0 Å². The molecule has 1 atom stereocenters. The topological polar surface area (TPSA) is 126 Å². The molecule has 1 aliphatic heterocycles. The molecule has 1 unspecified atom stereocenters. The summed E-state index contributed by atoms with van der Waals surface area (Å²) in [6.45, 7) is 5.68. The number of aromatic carboxylic acids is 1. The van der Waals surface area contributed by atoms with Gasteiger partial charge in [-0.2, -0.15) is 0 Å². The number of hydrogen-bond acceptors (Lipinski definition) is 6. The lowest BCUT2D eigenvalue weighted by Gasteiger charge is -2.35. The summed E-state index contributed by atoms with van der Waals surface area (Å²) in [4.78, 5) is 52.8. The predicted octanol–water partition coefficient (Wildman–Crippen LogP) is 3.82. The maximum Gasteiger partial charge on any atom is 0.341 e. The Morgan fingerprint density at radius 3 is 2.46 bits per heavy atom.